The highest BCUT2D eigenvalue weighted by atomic mass is 35.5. The van der Waals surface area contributed by atoms with Gasteiger partial charge in [0, 0.05) is 11.1 Å². The summed E-state index contributed by atoms with van der Waals surface area (Å²) in [6, 6.07) is 15.0. The number of hydrogen-bond acceptors (Lipinski definition) is 6. The molecule has 7 heteroatoms. The van der Waals surface area contributed by atoms with Gasteiger partial charge >= 0.3 is 5.97 Å². The van der Waals surface area contributed by atoms with Crippen LogP contribution < -0.4 is 18.9 Å². The third-order valence-electron chi connectivity index (χ3n) is 4.93. The molecule has 0 aromatic heterocycles. The molecule has 6 nitrogen and oxygen atoms in total. The number of halogens is 1. The lowest BCUT2D eigenvalue weighted by atomic mass is 10.0. The first-order valence-electron chi connectivity index (χ1n) is 9.44. The van der Waals surface area contributed by atoms with Crippen LogP contribution in [0.4, 0.5) is 0 Å². The van der Waals surface area contributed by atoms with Gasteiger partial charge in [0.1, 0.15) is 11.5 Å². The molecule has 31 heavy (non-hydrogen) atoms. The van der Waals surface area contributed by atoms with Crippen molar-refractivity contribution < 1.29 is 28.5 Å². The first kappa shape index (κ1) is 19.2. The molecule has 2 heterocycles. The fourth-order valence-electron chi connectivity index (χ4n) is 3.44. The Bertz CT molecular complexity index is 1260. The molecule has 0 amide bonds. The van der Waals surface area contributed by atoms with E-state index in [0.717, 1.165) is 5.56 Å². The van der Waals surface area contributed by atoms with Crippen LogP contribution >= 0.6 is 11.6 Å². The highest BCUT2D eigenvalue weighted by Crippen LogP contribution is 2.38. The Morgan fingerprint density at radius 1 is 1.00 bits per heavy atom. The van der Waals surface area contributed by atoms with E-state index in [9.17, 15) is 9.59 Å². The van der Waals surface area contributed by atoms with Crippen molar-refractivity contribution in [1.29, 1.82) is 0 Å². The summed E-state index contributed by atoms with van der Waals surface area (Å²) in [6.45, 7) is 1.89. The Morgan fingerprint density at radius 2 is 1.77 bits per heavy atom. The summed E-state index contributed by atoms with van der Waals surface area (Å²) in [7, 11) is 0. The first-order valence-corrected chi connectivity index (χ1v) is 9.82. The Labute approximate surface area is 182 Å². The monoisotopic (exact) mass is 434 g/mol. The predicted octanol–water partition coefficient (Wildman–Crippen LogP) is 5.21. The van der Waals surface area contributed by atoms with Crippen molar-refractivity contribution in [2.75, 3.05) is 6.79 Å². The summed E-state index contributed by atoms with van der Waals surface area (Å²) in [5.74, 6) is 1.11. The molecule has 2 aliphatic rings. The molecule has 0 fully saturated rings. The van der Waals surface area contributed by atoms with Crippen molar-refractivity contribution in [3.05, 3.63) is 87.6 Å². The molecular weight excluding hydrogens is 420 g/mol. The molecule has 2 aliphatic heterocycles. The average molecular weight is 435 g/mol. The van der Waals surface area contributed by atoms with Gasteiger partial charge in [0.2, 0.25) is 12.6 Å². The fourth-order valence-corrected chi connectivity index (χ4v) is 3.56. The second-order valence-corrected chi connectivity index (χ2v) is 7.50. The third kappa shape index (κ3) is 3.62. The smallest absolute Gasteiger partial charge is 0.343 e. The minimum absolute atomic E-state index is 0.120. The quantitative estimate of drug-likeness (QED) is 0.320. The number of hydrogen-bond donors (Lipinski definition) is 0. The van der Waals surface area contributed by atoms with Crippen LogP contribution in [0.25, 0.3) is 6.08 Å². The molecular formula is C24H15ClO6. The highest BCUT2D eigenvalue weighted by molar-refractivity contribution is 6.30. The third-order valence-corrected chi connectivity index (χ3v) is 5.18. The first-order chi connectivity index (χ1) is 15.0. The van der Waals surface area contributed by atoms with Crippen LogP contribution in [0.15, 0.2) is 60.4 Å². The van der Waals surface area contributed by atoms with E-state index in [1.165, 1.54) is 6.07 Å². The molecule has 3 aromatic rings. The molecule has 0 spiro atoms. The number of aryl methyl sites for hydroxylation is 1. The van der Waals surface area contributed by atoms with Crippen LogP contribution in [0.2, 0.25) is 5.02 Å². The maximum absolute atomic E-state index is 12.8. The molecule has 0 unspecified atom stereocenters. The molecule has 0 aliphatic carbocycles. The van der Waals surface area contributed by atoms with Gasteiger partial charge in [-0.25, -0.2) is 4.79 Å². The number of carbonyl (C=O) groups excluding carboxylic acids is 2. The van der Waals surface area contributed by atoms with Gasteiger partial charge in [0.25, 0.3) is 0 Å². The topological polar surface area (TPSA) is 71.1 Å². The van der Waals surface area contributed by atoms with E-state index in [0.29, 0.717) is 39.0 Å². The molecule has 0 N–H and O–H groups in total. The minimum atomic E-state index is -0.557. The van der Waals surface area contributed by atoms with Crippen LogP contribution in [-0.2, 0) is 0 Å². The van der Waals surface area contributed by atoms with E-state index in [2.05, 4.69) is 0 Å². The van der Waals surface area contributed by atoms with Crippen LogP contribution in [-0.4, -0.2) is 18.5 Å². The SMILES string of the molecule is Cc1cc(OC(=O)c2ccc3c(c2)OCO3)cc2c1C(=O)/C(=C/c1ccc(Cl)cc1)O2. The lowest BCUT2D eigenvalue weighted by Gasteiger charge is -2.08. The Hall–Kier alpha value is -3.77. The number of esters is 1. The zero-order valence-corrected chi connectivity index (χ0v) is 17.1. The maximum Gasteiger partial charge on any atom is 0.343 e. The van der Waals surface area contributed by atoms with Crippen molar-refractivity contribution >= 4 is 29.4 Å². The molecule has 0 radical (unpaired) electrons. The number of Topliss-reactive ketones (excluding diaryl/α,β-unsaturated/α-hetero) is 1. The fraction of sp³-hybridized carbons (Fsp3) is 0.0833. The standard InChI is InChI=1S/C24H15ClO6/c1-13-8-17(30-24(27)15-4-7-18-19(10-15)29-12-28-18)11-20-22(13)23(26)21(31-20)9-14-2-5-16(25)6-3-14/h2-11H,12H2,1H3/b21-9-. The highest BCUT2D eigenvalue weighted by Gasteiger charge is 2.30. The summed E-state index contributed by atoms with van der Waals surface area (Å²) in [5.41, 5.74) is 2.20. The van der Waals surface area contributed by atoms with Gasteiger partial charge < -0.3 is 18.9 Å². The maximum atomic E-state index is 12.8. The number of rotatable bonds is 3. The lowest BCUT2D eigenvalue weighted by Crippen LogP contribution is -2.08. The predicted molar refractivity (Wildman–Crippen MR) is 113 cm³/mol. The summed E-state index contributed by atoms with van der Waals surface area (Å²) in [6.07, 6.45) is 1.65. The van der Waals surface area contributed by atoms with E-state index in [1.807, 2.05) is 0 Å². The van der Waals surface area contributed by atoms with Gasteiger partial charge in [-0.15, -0.1) is 0 Å². The normalized spacial score (nSPS) is 15.0. The van der Waals surface area contributed by atoms with Gasteiger partial charge in [0.05, 0.1) is 11.1 Å². The van der Waals surface area contributed by atoms with Crippen molar-refractivity contribution in [2.45, 2.75) is 6.92 Å². The molecule has 0 saturated carbocycles. The molecule has 5 rings (SSSR count). The van der Waals surface area contributed by atoms with E-state index >= 15 is 0 Å². The summed E-state index contributed by atoms with van der Waals surface area (Å²) < 4.78 is 21.8. The molecule has 0 saturated heterocycles. The largest absolute Gasteiger partial charge is 0.454 e. The van der Waals surface area contributed by atoms with E-state index in [1.54, 1.807) is 61.5 Å². The number of allylic oxidation sites excluding steroid dienone is 1. The van der Waals surface area contributed by atoms with Gasteiger partial charge in [-0.1, -0.05) is 23.7 Å². The zero-order chi connectivity index (χ0) is 21.5. The number of benzene rings is 3. The van der Waals surface area contributed by atoms with Crippen molar-refractivity contribution in [1.82, 2.24) is 0 Å². The second-order valence-electron chi connectivity index (χ2n) is 7.06. The van der Waals surface area contributed by atoms with Gasteiger partial charge in [-0.3, -0.25) is 4.79 Å². The lowest BCUT2D eigenvalue weighted by molar-refractivity contribution is 0.0734. The minimum Gasteiger partial charge on any atom is -0.454 e. The zero-order valence-electron chi connectivity index (χ0n) is 16.3. The molecule has 154 valence electrons. The Morgan fingerprint density at radius 3 is 2.58 bits per heavy atom. The van der Waals surface area contributed by atoms with Gasteiger partial charge in [-0.2, -0.15) is 0 Å². The number of fused-ring (bicyclic) bond motifs is 2. The molecule has 0 bridgehead atoms. The average Bonchev–Trinajstić information content (AvgIpc) is 3.33. The van der Waals surface area contributed by atoms with Crippen molar-refractivity contribution in [3.8, 4) is 23.0 Å². The van der Waals surface area contributed by atoms with E-state index in [4.69, 9.17) is 30.5 Å². The number of carbonyl (C=O) groups is 2. The number of ether oxygens (including phenoxy) is 4. The van der Waals surface area contributed by atoms with Crippen LogP contribution in [0.5, 0.6) is 23.0 Å². The van der Waals surface area contributed by atoms with Gasteiger partial charge in [-0.05, 0) is 60.5 Å². The van der Waals surface area contributed by atoms with Gasteiger partial charge in [0.15, 0.2) is 17.3 Å². The van der Waals surface area contributed by atoms with Crippen molar-refractivity contribution in [3.63, 3.8) is 0 Å². The number of ketones is 1. The van der Waals surface area contributed by atoms with Crippen LogP contribution in [0.3, 0.4) is 0 Å². The summed E-state index contributed by atoms with van der Waals surface area (Å²) >= 11 is 5.91. The Kier molecular flexibility index (Phi) is 4.64. The van der Waals surface area contributed by atoms with Crippen molar-refractivity contribution in [2.24, 2.45) is 0 Å². The summed E-state index contributed by atoms with van der Waals surface area (Å²) in [4.78, 5) is 25.4. The Balaban J connectivity index is 1.39. The molecule has 0 atom stereocenters. The summed E-state index contributed by atoms with van der Waals surface area (Å²) in [5, 5.41) is 0.605. The van der Waals surface area contributed by atoms with E-state index in [-0.39, 0.29) is 24.1 Å². The van der Waals surface area contributed by atoms with E-state index < -0.39 is 5.97 Å². The second kappa shape index (κ2) is 7.49. The molecule has 3 aromatic carbocycles. The van der Waals surface area contributed by atoms with Crippen LogP contribution in [0, 0.1) is 6.92 Å². The van der Waals surface area contributed by atoms with Crippen LogP contribution in [0.1, 0.15) is 31.8 Å².